The normalized spacial score (nSPS) is 11.6. The fourth-order valence-corrected chi connectivity index (χ4v) is 4.78. The van der Waals surface area contributed by atoms with Gasteiger partial charge in [0, 0.05) is 38.8 Å². The zero-order valence-electron chi connectivity index (χ0n) is 14.9. The van der Waals surface area contributed by atoms with E-state index in [1.165, 1.54) is 31.9 Å². The zero-order valence-corrected chi connectivity index (χ0v) is 15.7. The maximum Gasteiger partial charge on any atom is 0.138 e. The number of nitrogens with zero attached hydrogens (tertiary/aromatic N) is 3. The molecule has 6 aromatic rings. The van der Waals surface area contributed by atoms with E-state index in [1.807, 2.05) is 24.4 Å². The van der Waals surface area contributed by atoms with Crippen molar-refractivity contribution in [3.05, 3.63) is 90.6 Å². The number of fused-ring (bicyclic) bond motifs is 5. The summed E-state index contributed by atoms with van der Waals surface area (Å²) in [5, 5.41) is 6.02. The van der Waals surface area contributed by atoms with Crippen LogP contribution in [0.25, 0.3) is 49.0 Å². The molecule has 0 unspecified atom stereocenters. The van der Waals surface area contributed by atoms with Crippen molar-refractivity contribution in [1.82, 2.24) is 14.5 Å². The van der Waals surface area contributed by atoms with Gasteiger partial charge in [0.05, 0.1) is 16.7 Å². The summed E-state index contributed by atoms with van der Waals surface area (Å²) in [6.45, 7) is 0. The van der Waals surface area contributed by atoms with Gasteiger partial charge in [-0.05, 0) is 53.9 Å². The molecule has 0 radical (unpaired) electrons. The summed E-state index contributed by atoms with van der Waals surface area (Å²) in [4.78, 5) is 9.21. The lowest BCUT2D eigenvalue weighted by Gasteiger charge is -2.09. The SMILES string of the molecule is c1cncc(-c2cccc(-n3c4ccccc4c4c5ccsc5ccc43)n2)c1. The first kappa shape index (κ1) is 15.5. The van der Waals surface area contributed by atoms with Gasteiger partial charge in [0.15, 0.2) is 0 Å². The standard InChI is InChI=1S/C24H15N3S/c1-2-8-20-17(6-1)24-18-12-14-28-22(18)11-10-21(24)27(20)23-9-3-7-19(26-23)16-5-4-13-25-15-16/h1-15H. The Balaban J connectivity index is 1.71. The molecule has 0 atom stereocenters. The molecule has 0 amide bonds. The number of thiophene rings is 1. The Bertz CT molecular complexity index is 1460. The Morgan fingerprint density at radius 3 is 2.64 bits per heavy atom. The van der Waals surface area contributed by atoms with Gasteiger partial charge in [-0.2, -0.15) is 0 Å². The minimum Gasteiger partial charge on any atom is -0.294 e. The van der Waals surface area contributed by atoms with Gasteiger partial charge in [-0.25, -0.2) is 4.98 Å². The molecule has 0 saturated carbocycles. The number of hydrogen-bond acceptors (Lipinski definition) is 3. The number of para-hydroxylation sites is 1. The minimum absolute atomic E-state index is 0.919. The zero-order chi connectivity index (χ0) is 18.5. The number of pyridine rings is 2. The molecule has 3 nitrogen and oxygen atoms in total. The second-order valence-electron chi connectivity index (χ2n) is 6.77. The van der Waals surface area contributed by atoms with E-state index in [0.29, 0.717) is 0 Å². The second kappa shape index (κ2) is 6.01. The van der Waals surface area contributed by atoms with Crippen LogP contribution in [-0.4, -0.2) is 14.5 Å². The van der Waals surface area contributed by atoms with Crippen LogP contribution in [-0.2, 0) is 0 Å². The van der Waals surface area contributed by atoms with Gasteiger partial charge in [-0.3, -0.25) is 9.55 Å². The number of aromatic nitrogens is 3. The average molecular weight is 377 g/mol. The molecule has 2 aromatic carbocycles. The minimum atomic E-state index is 0.919. The van der Waals surface area contributed by atoms with E-state index < -0.39 is 0 Å². The third-order valence-corrected chi connectivity index (χ3v) is 6.07. The lowest BCUT2D eigenvalue weighted by molar-refractivity contribution is 1.08. The van der Waals surface area contributed by atoms with Crippen LogP contribution in [0, 0.1) is 0 Å². The van der Waals surface area contributed by atoms with Crippen molar-refractivity contribution in [2.45, 2.75) is 0 Å². The molecular weight excluding hydrogens is 362 g/mol. The molecule has 6 rings (SSSR count). The largest absolute Gasteiger partial charge is 0.294 e. The summed E-state index contributed by atoms with van der Waals surface area (Å²) in [5.41, 5.74) is 4.30. The maximum atomic E-state index is 4.98. The van der Waals surface area contributed by atoms with Crippen LogP contribution in [0.3, 0.4) is 0 Å². The monoisotopic (exact) mass is 377 g/mol. The van der Waals surface area contributed by atoms with Crippen molar-refractivity contribution in [2.75, 3.05) is 0 Å². The van der Waals surface area contributed by atoms with Crippen LogP contribution in [0.1, 0.15) is 0 Å². The Kier molecular flexibility index (Phi) is 3.34. The van der Waals surface area contributed by atoms with Gasteiger partial charge < -0.3 is 0 Å². The highest BCUT2D eigenvalue weighted by Crippen LogP contribution is 2.38. The Morgan fingerprint density at radius 1 is 0.750 bits per heavy atom. The molecule has 0 saturated heterocycles. The fourth-order valence-electron chi connectivity index (χ4n) is 3.98. The third kappa shape index (κ3) is 2.22. The average Bonchev–Trinajstić information content (AvgIpc) is 3.36. The van der Waals surface area contributed by atoms with Gasteiger partial charge in [0.25, 0.3) is 0 Å². The summed E-state index contributed by atoms with van der Waals surface area (Å²) < 4.78 is 3.58. The van der Waals surface area contributed by atoms with Crippen LogP contribution in [0.2, 0.25) is 0 Å². The highest BCUT2D eigenvalue weighted by molar-refractivity contribution is 7.17. The van der Waals surface area contributed by atoms with E-state index >= 15 is 0 Å². The van der Waals surface area contributed by atoms with Gasteiger partial charge in [0.1, 0.15) is 5.82 Å². The molecular formula is C24H15N3S. The molecule has 0 aliphatic carbocycles. The second-order valence-corrected chi connectivity index (χ2v) is 7.72. The van der Waals surface area contributed by atoms with E-state index in [9.17, 15) is 0 Å². The first-order chi connectivity index (χ1) is 13.9. The van der Waals surface area contributed by atoms with Crippen molar-refractivity contribution in [3.63, 3.8) is 0 Å². The predicted octanol–water partition coefficient (Wildman–Crippen LogP) is 6.46. The molecule has 0 spiro atoms. The van der Waals surface area contributed by atoms with E-state index in [-0.39, 0.29) is 0 Å². The summed E-state index contributed by atoms with van der Waals surface area (Å²) in [5.74, 6) is 0.919. The summed E-state index contributed by atoms with van der Waals surface area (Å²) >= 11 is 1.78. The van der Waals surface area contributed by atoms with Crippen LogP contribution in [0.15, 0.2) is 90.6 Å². The fraction of sp³-hybridized carbons (Fsp3) is 0. The van der Waals surface area contributed by atoms with Gasteiger partial charge >= 0.3 is 0 Å². The quantitative estimate of drug-likeness (QED) is 0.347. The van der Waals surface area contributed by atoms with Crippen LogP contribution in [0.4, 0.5) is 0 Å². The number of hydrogen-bond donors (Lipinski definition) is 0. The highest BCUT2D eigenvalue weighted by Gasteiger charge is 2.15. The maximum absolute atomic E-state index is 4.98. The summed E-state index contributed by atoms with van der Waals surface area (Å²) in [6, 6.07) is 25.4. The molecule has 4 aromatic heterocycles. The van der Waals surface area contributed by atoms with Crippen molar-refractivity contribution < 1.29 is 0 Å². The van der Waals surface area contributed by atoms with Crippen molar-refractivity contribution >= 4 is 43.2 Å². The molecule has 0 aliphatic rings. The molecule has 0 bridgehead atoms. The lowest BCUT2D eigenvalue weighted by Crippen LogP contribution is -1.98. The Labute approximate surface area is 165 Å². The predicted molar refractivity (Wildman–Crippen MR) is 117 cm³/mol. The first-order valence-corrected chi connectivity index (χ1v) is 10.1. The van der Waals surface area contributed by atoms with E-state index in [2.05, 4.69) is 69.5 Å². The number of rotatable bonds is 2. The van der Waals surface area contributed by atoms with Gasteiger partial charge in [-0.15, -0.1) is 11.3 Å². The van der Waals surface area contributed by atoms with E-state index in [0.717, 1.165) is 17.1 Å². The van der Waals surface area contributed by atoms with E-state index in [1.54, 1.807) is 17.5 Å². The van der Waals surface area contributed by atoms with E-state index in [4.69, 9.17) is 4.98 Å². The molecule has 0 aliphatic heterocycles. The van der Waals surface area contributed by atoms with Crippen molar-refractivity contribution in [2.24, 2.45) is 0 Å². The van der Waals surface area contributed by atoms with Crippen LogP contribution >= 0.6 is 11.3 Å². The summed E-state index contributed by atoms with van der Waals surface area (Å²) in [7, 11) is 0. The highest BCUT2D eigenvalue weighted by atomic mass is 32.1. The van der Waals surface area contributed by atoms with Crippen molar-refractivity contribution in [3.8, 4) is 17.1 Å². The first-order valence-electron chi connectivity index (χ1n) is 9.17. The Morgan fingerprint density at radius 2 is 1.71 bits per heavy atom. The smallest absolute Gasteiger partial charge is 0.138 e. The topological polar surface area (TPSA) is 30.7 Å². The van der Waals surface area contributed by atoms with Gasteiger partial charge in [-0.1, -0.05) is 24.3 Å². The molecule has 0 N–H and O–H groups in total. The van der Waals surface area contributed by atoms with Crippen LogP contribution < -0.4 is 0 Å². The van der Waals surface area contributed by atoms with Crippen molar-refractivity contribution in [1.29, 1.82) is 0 Å². The Hall–Kier alpha value is -3.50. The molecule has 132 valence electrons. The van der Waals surface area contributed by atoms with Gasteiger partial charge in [0.2, 0.25) is 0 Å². The molecule has 28 heavy (non-hydrogen) atoms. The molecule has 0 fully saturated rings. The molecule has 4 heterocycles. The lowest BCUT2D eigenvalue weighted by atomic mass is 10.1. The molecule has 4 heteroatoms. The van der Waals surface area contributed by atoms with Crippen LogP contribution in [0.5, 0.6) is 0 Å². The number of benzene rings is 2. The third-order valence-electron chi connectivity index (χ3n) is 5.19. The summed E-state index contributed by atoms with van der Waals surface area (Å²) in [6.07, 6.45) is 3.64.